The highest BCUT2D eigenvalue weighted by Gasteiger charge is 2.34. The fraction of sp³-hybridized carbons (Fsp3) is 0.367. The maximum atomic E-state index is 16.5. The van der Waals surface area contributed by atoms with E-state index < -0.39 is 36.0 Å². The Morgan fingerprint density at radius 1 is 1.20 bits per heavy atom. The molecule has 4 aromatic rings. The first kappa shape index (κ1) is 29.7. The molecule has 4 heterocycles. The van der Waals surface area contributed by atoms with Gasteiger partial charge >= 0.3 is 12.1 Å². The Balaban J connectivity index is 1.48. The molecule has 10 nitrogen and oxygen atoms in total. The zero-order valence-electron chi connectivity index (χ0n) is 23.6. The predicted octanol–water partition coefficient (Wildman–Crippen LogP) is 5.28. The summed E-state index contributed by atoms with van der Waals surface area (Å²) in [4.78, 5) is 29.9. The first-order chi connectivity index (χ1) is 21.2. The maximum absolute atomic E-state index is 16.5. The number of likely N-dealkylation sites (N-methyl/N-ethyl adjacent to an activating group) is 1. The van der Waals surface area contributed by atoms with Crippen LogP contribution >= 0.6 is 11.6 Å². The van der Waals surface area contributed by atoms with Gasteiger partial charge in [0.15, 0.2) is 5.82 Å². The summed E-state index contributed by atoms with van der Waals surface area (Å²) in [6, 6.07) is 8.38. The number of amides is 1. The number of benzene rings is 2. The molecular weight excluding hydrogens is 599 g/mol. The molecule has 2 saturated heterocycles. The van der Waals surface area contributed by atoms with E-state index in [0.29, 0.717) is 18.4 Å². The number of aromatic nitrogens is 3. The monoisotopic (exact) mass is 625 g/mol. The first-order valence-corrected chi connectivity index (χ1v) is 14.4. The van der Waals surface area contributed by atoms with E-state index in [1.165, 1.54) is 23.2 Å². The van der Waals surface area contributed by atoms with Crippen molar-refractivity contribution in [3.63, 3.8) is 0 Å². The van der Waals surface area contributed by atoms with Crippen LogP contribution in [0.15, 0.2) is 36.5 Å². The molecule has 1 amide bonds. The average Bonchev–Trinajstić information content (AvgIpc) is 3.34. The summed E-state index contributed by atoms with van der Waals surface area (Å²) in [7, 11) is 1.79. The van der Waals surface area contributed by atoms with Crippen LogP contribution in [0.3, 0.4) is 0 Å². The van der Waals surface area contributed by atoms with Crippen molar-refractivity contribution < 1.29 is 27.8 Å². The van der Waals surface area contributed by atoms with Gasteiger partial charge in [-0.15, -0.1) is 0 Å². The fourth-order valence-corrected chi connectivity index (χ4v) is 6.23. The van der Waals surface area contributed by atoms with Crippen molar-refractivity contribution in [1.82, 2.24) is 24.8 Å². The van der Waals surface area contributed by atoms with E-state index in [2.05, 4.69) is 15.0 Å². The highest BCUT2D eigenvalue weighted by molar-refractivity contribution is 6.36. The molecular formula is C30H27ClF3N7O3. The molecule has 0 saturated carbocycles. The van der Waals surface area contributed by atoms with Gasteiger partial charge in [-0.1, -0.05) is 35.9 Å². The minimum absolute atomic E-state index is 0.0593. The van der Waals surface area contributed by atoms with Gasteiger partial charge in [0.05, 0.1) is 35.0 Å². The molecule has 2 aromatic carbocycles. The molecule has 44 heavy (non-hydrogen) atoms. The highest BCUT2D eigenvalue weighted by Crippen LogP contribution is 2.38. The van der Waals surface area contributed by atoms with Crippen LogP contribution in [0.25, 0.3) is 32.9 Å². The quantitative estimate of drug-likeness (QED) is 0.305. The third-order valence-electron chi connectivity index (χ3n) is 8.31. The van der Waals surface area contributed by atoms with Gasteiger partial charge in [-0.2, -0.15) is 15.2 Å². The summed E-state index contributed by atoms with van der Waals surface area (Å²) in [5.74, 6) is -1.26. The molecule has 228 valence electrons. The molecule has 2 aromatic heterocycles. The van der Waals surface area contributed by atoms with E-state index in [1.54, 1.807) is 30.1 Å². The zero-order valence-corrected chi connectivity index (χ0v) is 24.3. The second-order valence-electron chi connectivity index (χ2n) is 10.9. The molecule has 1 N–H and O–H groups in total. The van der Waals surface area contributed by atoms with Crippen molar-refractivity contribution in [1.29, 1.82) is 5.26 Å². The molecule has 0 radical (unpaired) electrons. The number of alkyl halides is 1. The fourth-order valence-electron chi connectivity index (χ4n) is 5.95. The number of carboxylic acid groups (broad SMARTS) is 1. The number of carbonyl (C=O) groups is 1. The van der Waals surface area contributed by atoms with Crippen LogP contribution in [0, 0.1) is 23.0 Å². The molecule has 0 aliphatic carbocycles. The smallest absolute Gasteiger partial charge is 0.407 e. The van der Waals surface area contributed by atoms with Gasteiger partial charge in [0.1, 0.15) is 35.6 Å². The number of hydrogen-bond acceptors (Lipinski definition) is 8. The Bertz CT molecular complexity index is 1800. The Morgan fingerprint density at radius 2 is 2.02 bits per heavy atom. The van der Waals surface area contributed by atoms with Crippen molar-refractivity contribution in [3.05, 3.63) is 53.2 Å². The van der Waals surface area contributed by atoms with Crippen LogP contribution in [0.2, 0.25) is 5.02 Å². The third-order valence-corrected chi connectivity index (χ3v) is 8.68. The van der Waals surface area contributed by atoms with Crippen molar-refractivity contribution in [2.45, 2.75) is 31.1 Å². The summed E-state index contributed by atoms with van der Waals surface area (Å²) < 4.78 is 51.4. The number of fused-ring (bicyclic) bond motifs is 2. The van der Waals surface area contributed by atoms with Crippen molar-refractivity contribution >= 4 is 45.2 Å². The molecule has 3 atom stereocenters. The number of rotatable bonds is 6. The Hall–Kier alpha value is -4.41. The molecule has 6 rings (SSSR count). The van der Waals surface area contributed by atoms with Gasteiger partial charge in [-0.25, -0.2) is 18.0 Å². The lowest BCUT2D eigenvalue weighted by molar-refractivity contribution is 0.119. The Labute approximate surface area is 255 Å². The number of piperazine rings is 1. The normalized spacial score (nSPS) is 20.8. The lowest BCUT2D eigenvalue weighted by Gasteiger charge is -2.39. The van der Waals surface area contributed by atoms with Gasteiger partial charge in [0, 0.05) is 43.3 Å². The number of hydrogen-bond donors (Lipinski definition) is 1. The largest absolute Gasteiger partial charge is 0.465 e. The van der Waals surface area contributed by atoms with Crippen LogP contribution in [-0.2, 0) is 0 Å². The van der Waals surface area contributed by atoms with E-state index >= 15 is 4.39 Å². The van der Waals surface area contributed by atoms with Gasteiger partial charge in [-0.3, -0.25) is 9.88 Å². The minimum atomic E-state index is -1.15. The van der Waals surface area contributed by atoms with E-state index in [-0.39, 0.29) is 77.1 Å². The summed E-state index contributed by atoms with van der Waals surface area (Å²) in [5, 5.41) is 19.9. The first-order valence-electron chi connectivity index (χ1n) is 14.0. The van der Waals surface area contributed by atoms with E-state index in [4.69, 9.17) is 16.3 Å². The summed E-state index contributed by atoms with van der Waals surface area (Å²) in [6.45, 7) is 0.854. The maximum Gasteiger partial charge on any atom is 0.407 e. The SMILES string of the molecule is CN1CC[C@@H](F)[C@@H]1COc1nc(N2CCN(C(=O)O)[C@@H](CC#N)C2)c2cnc(-c3cccc4ccc(F)c(Cl)c34)c(F)c2n1. The van der Waals surface area contributed by atoms with E-state index in [9.17, 15) is 23.9 Å². The van der Waals surface area contributed by atoms with Crippen LogP contribution in [0.5, 0.6) is 6.01 Å². The highest BCUT2D eigenvalue weighted by atomic mass is 35.5. The predicted molar refractivity (Wildman–Crippen MR) is 158 cm³/mol. The summed E-state index contributed by atoms with van der Waals surface area (Å²) in [5.41, 5.74) is -0.0109. The zero-order chi connectivity index (χ0) is 31.1. The Morgan fingerprint density at radius 3 is 2.75 bits per heavy atom. The van der Waals surface area contributed by atoms with Gasteiger partial charge < -0.3 is 19.6 Å². The lowest BCUT2D eigenvalue weighted by atomic mass is 10.0. The minimum Gasteiger partial charge on any atom is -0.465 e. The van der Waals surface area contributed by atoms with Crippen molar-refractivity contribution in [3.8, 4) is 23.3 Å². The van der Waals surface area contributed by atoms with E-state index in [0.717, 1.165) is 0 Å². The lowest BCUT2D eigenvalue weighted by Crippen LogP contribution is -2.55. The Kier molecular flexibility index (Phi) is 8.04. The van der Waals surface area contributed by atoms with Crippen molar-refractivity contribution in [2.24, 2.45) is 0 Å². The van der Waals surface area contributed by atoms with Gasteiger partial charge in [0.25, 0.3) is 0 Å². The number of halogens is 4. The standard InChI is InChI=1S/C30H27ClF3N7O3/c1-39-10-8-20(32)22(39)15-44-29-37-27-19(28(38-29)40-11-12-41(30(42)43)17(14-40)7-9-35)13-36-26(25(27)34)18-4-2-3-16-5-6-21(33)24(31)23(16)18/h2-6,13,17,20,22H,7-8,10-12,14-15H2,1H3,(H,42,43)/t17-,20+,22-/m0/s1. The molecule has 2 aliphatic heterocycles. The second kappa shape index (κ2) is 11.9. The van der Waals surface area contributed by atoms with Gasteiger partial charge in [0.2, 0.25) is 0 Å². The number of likely N-dealkylation sites (tertiary alicyclic amines) is 1. The number of nitrogens with zero attached hydrogens (tertiary/aromatic N) is 7. The molecule has 0 bridgehead atoms. The molecule has 0 spiro atoms. The number of anilines is 1. The van der Waals surface area contributed by atoms with Crippen molar-refractivity contribution in [2.75, 3.05) is 44.7 Å². The third kappa shape index (κ3) is 5.28. The molecule has 0 unspecified atom stereocenters. The van der Waals surface area contributed by atoms with E-state index in [1.807, 2.05) is 11.0 Å². The van der Waals surface area contributed by atoms with Gasteiger partial charge in [-0.05, 0) is 24.9 Å². The molecule has 14 heteroatoms. The molecule has 2 fully saturated rings. The van der Waals surface area contributed by atoms with Crippen LogP contribution in [0.1, 0.15) is 12.8 Å². The summed E-state index contributed by atoms with van der Waals surface area (Å²) in [6.07, 6.45) is -0.564. The number of pyridine rings is 1. The van der Waals surface area contributed by atoms with Crippen LogP contribution in [0.4, 0.5) is 23.8 Å². The average molecular weight is 626 g/mol. The number of ether oxygens (including phenoxy) is 1. The second-order valence-corrected chi connectivity index (χ2v) is 11.3. The topological polar surface area (TPSA) is 119 Å². The molecule has 2 aliphatic rings. The number of nitriles is 1. The van der Waals surface area contributed by atoms with Crippen LogP contribution in [-0.4, -0.2) is 94.0 Å². The summed E-state index contributed by atoms with van der Waals surface area (Å²) >= 11 is 6.32. The van der Waals surface area contributed by atoms with Crippen LogP contribution < -0.4 is 9.64 Å².